The molecule has 0 N–H and O–H groups in total. The number of nitrogens with zero attached hydrogens (tertiary/aromatic N) is 1. The van der Waals surface area contributed by atoms with E-state index in [9.17, 15) is 0 Å². The Balaban J connectivity index is 2.83. The monoisotopic (exact) mass is 155 g/mol. The zero-order valence-corrected chi connectivity index (χ0v) is 7.31. The van der Waals surface area contributed by atoms with Crippen molar-refractivity contribution >= 4 is 17.6 Å². The molecule has 0 aromatic rings. The summed E-state index contributed by atoms with van der Waals surface area (Å²) in [4.78, 5) is 2.03. The zero-order valence-electron chi connectivity index (χ0n) is 6.56. The molecular weight excluding hydrogens is 144 g/mol. The van der Waals surface area contributed by atoms with Crippen molar-refractivity contribution < 1.29 is 0 Å². The minimum atomic E-state index is 0.108. The molecule has 0 aliphatic carbocycles. The summed E-state index contributed by atoms with van der Waals surface area (Å²) < 4.78 is 0. The smallest absolute Gasteiger partial charge is 0.309 e. The third kappa shape index (κ3) is 1.37. The standard InChI is InChI=1S/C7H11BClN/c1-6-4-10(3)5-7(2)8(6)9/h4-5H,1-3H3. The molecule has 0 bridgehead atoms. The van der Waals surface area contributed by atoms with Crippen molar-refractivity contribution in [2.45, 2.75) is 13.8 Å². The highest BCUT2D eigenvalue weighted by Crippen LogP contribution is 2.18. The Kier molecular flexibility index (Phi) is 2.10. The quantitative estimate of drug-likeness (QED) is 0.484. The van der Waals surface area contributed by atoms with E-state index in [0.29, 0.717) is 0 Å². The van der Waals surface area contributed by atoms with Gasteiger partial charge in [-0.2, -0.15) is 11.5 Å². The van der Waals surface area contributed by atoms with Crippen molar-refractivity contribution in [3.63, 3.8) is 0 Å². The lowest BCUT2D eigenvalue weighted by Crippen LogP contribution is -2.19. The predicted molar refractivity (Wildman–Crippen MR) is 46.9 cm³/mol. The van der Waals surface area contributed by atoms with Crippen molar-refractivity contribution in [2.24, 2.45) is 0 Å². The van der Waals surface area contributed by atoms with Gasteiger partial charge in [0.2, 0.25) is 0 Å². The van der Waals surface area contributed by atoms with E-state index < -0.39 is 0 Å². The normalized spacial score (nSPS) is 18.8. The van der Waals surface area contributed by atoms with E-state index in [-0.39, 0.29) is 6.13 Å². The van der Waals surface area contributed by atoms with Gasteiger partial charge in [0.15, 0.2) is 0 Å². The van der Waals surface area contributed by atoms with Gasteiger partial charge >= 0.3 is 6.13 Å². The topological polar surface area (TPSA) is 3.24 Å². The van der Waals surface area contributed by atoms with Crippen molar-refractivity contribution in [1.82, 2.24) is 4.90 Å². The lowest BCUT2D eigenvalue weighted by Gasteiger charge is -2.20. The van der Waals surface area contributed by atoms with E-state index in [1.807, 2.05) is 38.2 Å². The van der Waals surface area contributed by atoms with Crippen LogP contribution in [0.2, 0.25) is 0 Å². The van der Waals surface area contributed by atoms with E-state index in [1.54, 1.807) is 0 Å². The maximum absolute atomic E-state index is 6.02. The molecule has 3 heteroatoms. The van der Waals surface area contributed by atoms with Crippen LogP contribution in [-0.4, -0.2) is 18.1 Å². The summed E-state index contributed by atoms with van der Waals surface area (Å²) in [7, 11) is 2.01. The molecule has 0 aromatic carbocycles. The van der Waals surface area contributed by atoms with Crippen LogP contribution >= 0.6 is 11.5 Å². The molecule has 54 valence electrons. The minimum Gasteiger partial charge on any atom is -0.359 e. The first-order valence-corrected chi connectivity index (χ1v) is 3.77. The van der Waals surface area contributed by atoms with Gasteiger partial charge in [-0.15, -0.1) is 0 Å². The second-order valence-electron chi connectivity index (χ2n) is 2.77. The molecule has 0 saturated heterocycles. The SMILES string of the molecule is CC1=CN(C)C=C(C)B1Cl. The van der Waals surface area contributed by atoms with Gasteiger partial charge in [0, 0.05) is 7.05 Å². The number of hydrogen-bond donors (Lipinski definition) is 0. The largest absolute Gasteiger partial charge is 0.359 e. The van der Waals surface area contributed by atoms with E-state index in [4.69, 9.17) is 11.5 Å². The molecule has 1 aliphatic heterocycles. The number of hydrogen-bond acceptors (Lipinski definition) is 1. The molecule has 0 saturated carbocycles. The molecule has 0 aromatic heterocycles. The number of halogens is 1. The maximum atomic E-state index is 6.02. The molecule has 0 fully saturated rings. The zero-order chi connectivity index (χ0) is 7.72. The predicted octanol–water partition coefficient (Wildman–Crippen LogP) is 2.05. The lowest BCUT2D eigenvalue weighted by atomic mass is 9.61. The molecular formula is C7H11BClN. The number of allylic oxidation sites excluding steroid dienone is 2. The molecule has 0 amide bonds. The summed E-state index contributed by atoms with van der Waals surface area (Å²) in [5, 5.41) is 0. The van der Waals surface area contributed by atoms with Crippen LogP contribution in [0.3, 0.4) is 0 Å². The van der Waals surface area contributed by atoms with Crippen LogP contribution in [0.4, 0.5) is 0 Å². The van der Waals surface area contributed by atoms with Crippen LogP contribution in [0.25, 0.3) is 0 Å². The van der Waals surface area contributed by atoms with Gasteiger partial charge < -0.3 is 4.90 Å². The summed E-state index contributed by atoms with van der Waals surface area (Å²) >= 11 is 6.02. The van der Waals surface area contributed by atoms with E-state index in [2.05, 4.69) is 0 Å². The first kappa shape index (κ1) is 7.74. The van der Waals surface area contributed by atoms with Crippen LogP contribution in [0.5, 0.6) is 0 Å². The molecule has 1 aliphatic rings. The van der Waals surface area contributed by atoms with Crippen LogP contribution < -0.4 is 0 Å². The van der Waals surface area contributed by atoms with Crippen LogP contribution in [0, 0.1) is 0 Å². The molecule has 1 heterocycles. The van der Waals surface area contributed by atoms with Crippen LogP contribution in [0.15, 0.2) is 23.3 Å². The van der Waals surface area contributed by atoms with E-state index in [1.165, 1.54) is 10.9 Å². The Morgan fingerprint density at radius 2 is 1.70 bits per heavy atom. The third-order valence-electron chi connectivity index (χ3n) is 1.61. The van der Waals surface area contributed by atoms with E-state index in [0.717, 1.165) is 0 Å². The molecule has 10 heavy (non-hydrogen) atoms. The van der Waals surface area contributed by atoms with Gasteiger partial charge in [-0.25, -0.2) is 0 Å². The summed E-state index contributed by atoms with van der Waals surface area (Å²) in [5.74, 6) is 0. The summed E-state index contributed by atoms with van der Waals surface area (Å²) in [6.45, 7) is 4.09. The highest BCUT2D eigenvalue weighted by Gasteiger charge is 2.18. The van der Waals surface area contributed by atoms with Crippen molar-refractivity contribution in [3.05, 3.63) is 23.3 Å². The molecule has 0 atom stereocenters. The van der Waals surface area contributed by atoms with Gasteiger partial charge in [-0.05, 0) is 26.2 Å². The Bertz CT molecular complexity index is 178. The van der Waals surface area contributed by atoms with Crippen LogP contribution in [-0.2, 0) is 0 Å². The van der Waals surface area contributed by atoms with Crippen molar-refractivity contribution in [2.75, 3.05) is 7.05 Å². The van der Waals surface area contributed by atoms with Gasteiger partial charge in [0.25, 0.3) is 0 Å². The maximum Gasteiger partial charge on any atom is 0.309 e. The Morgan fingerprint density at radius 3 is 2.10 bits per heavy atom. The lowest BCUT2D eigenvalue weighted by molar-refractivity contribution is 0.616. The van der Waals surface area contributed by atoms with Crippen molar-refractivity contribution in [3.8, 4) is 0 Å². The molecule has 0 spiro atoms. The summed E-state index contributed by atoms with van der Waals surface area (Å²) in [6, 6.07) is 0. The van der Waals surface area contributed by atoms with Gasteiger partial charge in [-0.1, -0.05) is 10.9 Å². The highest BCUT2D eigenvalue weighted by molar-refractivity contribution is 7.14. The Hall–Kier alpha value is -0.365. The fourth-order valence-electron chi connectivity index (χ4n) is 1.17. The molecule has 0 radical (unpaired) electrons. The Labute approximate surface area is 67.3 Å². The molecule has 0 unspecified atom stereocenters. The van der Waals surface area contributed by atoms with Crippen molar-refractivity contribution in [1.29, 1.82) is 0 Å². The molecule has 1 nitrogen and oxygen atoms in total. The molecule has 1 rings (SSSR count). The first-order valence-electron chi connectivity index (χ1n) is 3.34. The van der Waals surface area contributed by atoms with E-state index >= 15 is 0 Å². The fourth-order valence-corrected chi connectivity index (χ4v) is 1.28. The van der Waals surface area contributed by atoms with Gasteiger partial charge in [-0.3, -0.25) is 0 Å². The van der Waals surface area contributed by atoms with Crippen LogP contribution in [0.1, 0.15) is 13.8 Å². The summed E-state index contributed by atoms with van der Waals surface area (Å²) in [6.07, 6.45) is 4.20. The van der Waals surface area contributed by atoms with Gasteiger partial charge in [0.05, 0.1) is 0 Å². The first-order chi connectivity index (χ1) is 4.61. The second kappa shape index (κ2) is 2.71. The minimum absolute atomic E-state index is 0.108. The summed E-state index contributed by atoms with van der Waals surface area (Å²) in [5.41, 5.74) is 2.42. The average Bonchev–Trinajstić information content (AvgIpc) is 1.82. The second-order valence-corrected chi connectivity index (χ2v) is 3.21. The highest BCUT2D eigenvalue weighted by atomic mass is 35.5. The van der Waals surface area contributed by atoms with Gasteiger partial charge in [0.1, 0.15) is 0 Å². The number of rotatable bonds is 0. The third-order valence-corrected chi connectivity index (χ3v) is 2.30. The average molecular weight is 155 g/mol. The Morgan fingerprint density at radius 1 is 1.30 bits per heavy atom. The fraction of sp³-hybridized carbons (Fsp3) is 0.429.